The van der Waals surface area contributed by atoms with Crippen molar-refractivity contribution in [3.05, 3.63) is 35.9 Å². The number of urea groups is 1. The summed E-state index contributed by atoms with van der Waals surface area (Å²) in [4.78, 5) is 32.6. The van der Waals surface area contributed by atoms with Crippen LogP contribution >= 0.6 is 24.0 Å². The lowest BCUT2D eigenvalue weighted by Gasteiger charge is -2.34. The Hall–Kier alpha value is -1.84. The minimum absolute atomic E-state index is 0. The normalized spacial score (nSPS) is 22.4. The molecule has 7 nitrogen and oxygen atoms in total. The lowest BCUT2D eigenvalue weighted by atomic mass is 9.90. The van der Waals surface area contributed by atoms with Gasteiger partial charge in [-0.1, -0.05) is 37.3 Å². The summed E-state index contributed by atoms with van der Waals surface area (Å²) in [5, 5.41) is 6.20. The van der Waals surface area contributed by atoms with Crippen molar-refractivity contribution < 1.29 is 9.59 Å². The molecule has 1 aromatic carbocycles. The second kappa shape index (κ2) is 11.7. The minimum atomic E-state index is -0.759. The number of nitrogens with one attached hydrogen (secondary N) is 2. The maximum Gasteiger partial charge on any atom is 0.325 e. The van der Waals surface area contributed by atoms with Gasteiger partial charge in [-0.15, -0.1) is 24.0 Å². The Morgan fingerprint density at radius 3 is 2.48 bits per heavy atom. The van der Waals surface area contributed by atoms with Gasteiger partial charge in [0.2, 0.25) is 0 Å². The number of likely N-dealkylation sites (tertiary alicyclic amines) is 1. The summed E-state index contributed by atoms with van der Waals surface area (Å²) in [7, 11) is 1.81. The van der Waals surface area contributed by atoms with Gasteiger partial charge >= 0.3 is 6.03 Å². The summed E-state index contributed by atoms with van der Waals surface area (Å²) in [6.45, 7) is 6.79. The molecular formula is C23H36IN5O2. The van der Waals surface area contributed by atoms with Crippen LogP contribution in [0.3, 0.4) is 0 Å². The SMILES string of the molecule is CCC1(C)NC(=O)N(CCCNC(=NC)N2CCC(Cc3ccccc3)CC2)C1=O.I. The van der Waals surface area contributed by atoms with Crippen molar-refractivity contribution in [2.45, 2.75) is 51.5 Å². The van der Waals surface area contributed by atoms with Crippen LogP contribution in [0.2, 0.25) is 0 Å². The largest absolute Gasteiger partial charge is 0.356 e. The monoisotopic (exact) mass is 541 g/mol. The van der Waals surface area contributed by atoms with Crippen molar-refractivity contribution in [1.82, 2.24) is 20.4 Å². The zero-order chi connectivity index (χ0) is 21.6. The van der Waals surface area contributed by atoms with E-state index in [9.17, 15) is 9.59 Å². The number of benzene rings is 1. The molecule has 2 heterocycles. The first kappa shape index (κ1) is 25.4. The zero-order valence-corrected chi connectivity index (χ0v) is 21.2. The van der Waals surface area contributed by atoms with Crippen molar-refractivity contribution in [3.8, 4) is 0 Å². The van der Waals surface area contributed by atoms with Crippen LogP contribution in [0.25, 0.3) is 0 Å². The maximum absolute atomic E-state index is 12.5. The van der Waals surface area contributed by atoms with Gasteiger partial charge in [0.25, 0.3) is 5.91 Å². The number of imide groups is 1. The van der Waals surface area contributed by atoms with E-state index in [4.69, 9.17) is 0 Å². The fourth-order valence-corrected chi connectivity index (χ4v) is 4.26. The van der Waals surface area contributed by atoms with Gasteiger partial charge in [0, 0.05) is 33.2 Å². The number of guanidine groups is 1. The van der Waals surface area contributed by atoms with Crippen LogP contribution in [-0.4, -0.2) is 66.5 Å². The molecule has 1 aromatic rings. The van der Waals surface area contributed by atoms with Crippen molar-refractivity contribution in [3.63, 3.8) is 0 Å². The molecule has 3 amide bonds. The van der Waals surface area contributed by atoms with Crippen molar-refractivity contribution in [2.75, 3.05) is 33.2 Å². The molecule has 0 saturated carbocycles. The summed E-state index contributed by atoms with van der Waals surface area (Å²) in [5.74, 6) is 1.50. The second-order valence-corrected chi connectivity index (χ2v) is 8.52. The molecule has 0 bridgehead atoms. The number of amides is 3. The number of piperidine rings is 1. The molecule has 1 unspecified atom stereocenters. The predicted molar refractivity (Wildman–Crippen MR) is 135 cm³/mol. The first-order valence-corrected chi connectivity index (χ1v) is 11.1. The van der Waals surface area contributed by atoms with E-state index in [0.717, 1.165) is 38.3 Å². The van der Waals surface area contributed by atoms with Gasteiger partial charge in [0.1, 0.15) is 5.54 Å². The van der Waals surface area contributed by atoms with Crippen molar-refractivity contribution in [2.24, 2.45) is 10.9 Å². The Morgan fingerprint density at radius 1 is 1.23 bits per heavy atom. The van der Waals surface area contributed by atoms with Crippen LogP contribution in [0.5, 0.6) is 0 Å². The molecule has 172 valence electrons. The van der Waals surface area contributed by atoms with Gasteiger partial charge in [0.05, 0.1) is 0 Å². The topological polar surface area (TPSA) is 77.0 Å². The first-order valence-electron chi connectivity index (χ1n) is 11.1. The molecule has 0 aromatic heterocycles. The molecule has 2 aliphatic heterocycles. The predicted octanol–water partition coefficient (Wildman–Crippen LogP) is 3.25. The highest BCUT2D eigenvalue weighted by atomic mass is 127. The van der Waals surface area contributed by atoms with Crippen molar-refractivity contribution >= 4 is 41.9 Å². The summed E-state index contributed by atoms with van der Waals surface area (Å²) in [6.07, 6.45) is 4.76. The van der Waals surface area contributed by atoms with Gasteiger partial charge in [-0.05, 0) is 50.5 Å². The fraction of sp³-hybridized carbons (Fsp3) is 0.609. The molecule has 8 heteroatoms. The standard InChI is InChI=1S/C23H35N5O2.HI/c1-4-23(2)20(29)28(22(30)26-23)14-8-13-25-21(24-3)27-15-11-19(12-16-27)17-18-9-6-5-7-10-18;/h5-7,9-10,19H,4,8,11-17H2,1-3H3,(H,24,25)(H,26,30);1H. The highest BCUT2D eigenvalue weighted by Crippen LogP contribution is 2.22. The number of nitrogens with zero attached hydrogens (tertiary/aromatic N) is 3. The number of carbonyl (C=O) groups is 2. The van der Waals surface area contributed by atoms with Crippen LogP contribution in [0.1, 0.15) is 45.1 Å². The molecule has 1 atom stereocenters. The Balaban J connectivity index is 0.00000341. The average Bonchev–Trinajstić information content (AvgIpc) is 2.98. The zero-order valence-electron chi connectivity index (χ0n) is 18.9. The number of halogens is 1. The smallest absolute Gasteiger partial charge is 0.325 e. The lowest BCUT2D eigenvalue weighted by molar-refractivity contribution is -0.130. The minimum Gasteiger partial charge on any atom is -0.356 e. The van der Waals surface area contributed by atoms with E-state index in [1.54, 1.807) is 6.92 Å². The summed E-state index contributed by atoms with van der Waals surface area (Å²) in [6, 6.07) is 10.4. The molecule has 2 aliphatic rings. The van der Waals surface area contributed by atoms with Crippen LogP contribution in [0, 0.1) is 5.92 Å². The van der Waals surface area contributed by atoms with Crippen LogP contribution in [0.15, 0.2) is 35.3 Å². The van der Waals surface area contributed by atoms with Crippen LogP contribution in [-0.2, 0) is 11.2 Å². The summed E-state index contributed by atoms with van der Waals surface area (Å²) < 4.78 is 0. The van der Waals surface area contributed by atoms with E-state index in [1.165, 1.54) is 10.5 Å². The number of hydrogen-bond acceptors (Lipinski definition) is 3. The maximum atomic E-state index is 12.5. The third-order valence-electron chi connectivity index (χ3n) is 6.39. The molecule has 0 spiro atoms. The number of aliphatic imine (C=N–C) groups is 1. The lowest BCUT2D eigenvalue weighted by Crippen LogP contribution is -2.46. The Labute approximate surface area is 203 Å². The van der Waals surface area contributed by atoms with E-state index in [2.05, 4.69) is 50.9 Å². The van der Waals surface area contributed by atoms with Crippen LogP contribution in [0.4, 0.5) is 4.79 Å². The molecule has 2 fully saturated rings. The summed E-state index contributed by atoms with van der Waals surface area (Å²) >= 11 is 0. The van der Waals surface area contributed by atoms with Gasteiger partial charge in [-0.3, -0.25) is 14.7 Å². The van der Waals surface area contributed by atoms with E-state index >= 15 is 0 Å². The van der Waals surface area contributed by atoms with Crippen LogP contribution < -0.4 is 10.6 Å². The van der Waals surface area contributed by atoms with Gasteiger partial charge in [-0.25, -0.2) is 4.79 Å². The van der Waals surface area contributed by atoms with Crippen molar-refractivity contribution in [1.29, 1.82) is 0 Å². The molecule has 3 rings (SSSR count). The molecular weight excluding hydrogens is 505 g/mol. The first-order chi connectivity index (χ1) is 14.5. The number of hydrogen-bond donors (Lipinski definition) is 2. The molecule has 0 aliphatic carbocycles. The van der Waals surface area contributed by atoms with Gasteiger partial charge in [0.15, 0.2) is 5.96 Å². The highest BCUT2D eigenvalue weighted by Gasteiger charge is 2.45. The highest BCUT2D eigenvalue weighted by molar-refractivity contribution is 14.0. The summed E-state index contributed by atoms with van der Waals surface area (Å²) in [5.41, 5.74) is 0.656. The van der Waals surface area contributed by atoms with E-state index in [1.807, 2.05) is 14.0 Å². The van der Waals surface area contributed by atoms with E-state index in [0.29, 0.717) is 31.8 Å². The second-order valence-electron chi connectivity index (χ2n) is 8.52. The Morgan fingerprint density at radius 2 is 1.90 bits per heavy atom. The molecule has 0 radical (unpaired) electrons. The third-order valence-corrected chi connectivity index (χ3v) is 6.39. The molecule has 31 heavy (non-hydrogen) atoms. The third kappa shape index (κ3) is 6.33. The fourth-order valence-electron chi connectivity index (χ4n) is 4.26. The number of rotatable bonds is 7. The van der Waals surface area contributed by atoms with E-state index < -0.39 is 5.54 Å². The number of carbonyl (C=O) groups excluding carboxylic acids is 2. The van der Waals surface area contributed by atoms with E-state index in [-0.39, 0.29) is 35.9 Å². The average molecular weight is 541 g/mol. The Kier molecular flexibility index (Phi) is 9.58. The van der Waals surface area contributed by atoms with Gasteiger partial charge in [-0.2, -0.15) is 0 Å². The molecule has 2 N–H and O–H groups in total. The molecule has 2 saturated heterocycles. The Bertz CT molecular complexity index is 764. The quantitative estimate of drug-likeness (QED) is 0.183. The van der Waals surface area contributed by atoms with Gasteiger partial charge < -0.3 is 15.5 Å².